The molecule has 0 unspecified atom stereocenters. The van der Waals surface area contributed by atoms with Gasteiger partial charge in [0.15, 0.2) is 17.5 Å². The number of para-hydroxylation sites is 1. The molecule has 0 atom stereocenters. The molecule has 4 heteroatoms. The Kier molecular flexibility index (Phi) is 6.76. The minimum absolute atomic E-state index is 0.331. The van der Waals surface area contributed by atoms with Crippen LogP contribution in [0.2, 0.25) is 0 Å². The quantitative estimate of drug-likeness (QED) is 0.199. The Bertz CT molecular complexity index is 2070. The number of benzene rings is 6. The standard InChI is InChI=1S/C42H31N3O/c1-42(2)35-17-9-10-18-36(35)46-37-19-11-16-34(38(37)42)41-44-39(32-24-20-30(21-25-32)28-12-5-3-6-13-28)43-40(45-41)33-26-22-31(23-27-33)29-14-7-4-8-15-29/h3-27H,1-2H3. The van der Waals surface area contributed by atoms with Crippen molar-refractivity contribution in [1.82, 2.24) is 15.0 Å². The van der Waals surface area contributed by atoms with Crippen LogP contribution in [-0.4, -0.2) is 15.0 Å². The van der Waals surface area contributed by atoms with Crippen LogP contribution in [0.25, 0.3) is 56.4 Å². The van der Waals surface area contributed by atoms with Crippen LogP contribution in [0.5, 0.6) is 11.5 Å². The van der Waals surface area contributed by atoms with E-state index in [2.05, 4.69) is 129 Å². The van der Waals surface area contributed by atoms with Gasteiger partial charge in [0.2, 0.25) is 0 Å². The van der Waals surface area contributed by atoms with E-state index in [4.69, 9.17) is 19.7 Å². The van der Waals surface area contributed by atoms with Gasteiger partial charge in [0.1, 0.15) is 11.5 Å². The van der Waals surface area contributed by atoms with E-state index < -0.39 is 0 Å². The fourth-order valence-corrected chi connectivity index (χ4v) is 6.41. The highest BCUT2D eigenvalue weighted by molar-refractivity contribution is 5.76. The van der Waals surface area contributed by atoms with Crippen molar-refractivity contribution in [3.63, 3.8) is 0 Å². The normalized spacial score (nSPS) is 12.9. The van der Waals surface area contributed by atoms with E-state index in [1.165, 1.54) is 11.1 Å². The van der Waals surface area contributed by atoms with E-state index in [0.29, 0.717) is 17.5 Å². The average molecular weight is 594 g/mol. The lowest BCUT2D eigenvalue weighted by Gasteiger charge is -2.35. The van der Waals surface area contributed by atoms with Crippen LogP contribution in [0.3, 0.4) is 0 Å². The van der Waals surface area contributed by atoms with Gasteiger partial charge >= 0.3 is 0 Å². The third-order valence-corrected chi connectivity index (χ3v) is 8.81. The maximum atomic E-state index is 6.44. The van der Waals surface area contributed by atoms with E-state index in [0.717, 1.165) is 50.4 Å². The minimum atomic E-state index is -0.331. The highest BCUT2D eigenvalue weighted by Gasteiger charge is 2.37. The van der Waals surface area contributed by atoms with Gasteiger partial charge < -0.3 is 4.74 Å². The zero-order chi connectivity index (χ0) is 31.1. The molecule has 0 spiro atoms. The molecule has 0 saturated heterocycles. The molecule has 0 N–H and O–H groups in total. The second-order valence-corrected chi connectivity index (χ2v) is 12.1. The summed E-state index contributed by atoms with van der Waals surface area (Å²) in [6, 6.07) is 52.0. The zero-order valence-corrected chi connectivity index (χ0v) is 25.7. The SMILES string of the molecule is CC1(C)c2ccccc2Oc2cccc(-c3nc(-c4ccc(-c5ccccc5)cc4)nc(-c4ccc(-c5ccccc5)cc4)n3)c21. The highest BCUT2D eigenvalue weighted by atomic mass is 16.5. The summed E-state index contributed by atoms with van der Waals surface area (Å²) in [5, 5.41) is 0. The summed E-state index contributed by atoms with van der Waals surface area (Å²) in [4.78, 5) is 15.3. The molecule has 0 radical (unpaired) electrons. The predicted molar refractivity (Wildman–Crippen MR) is 186 cm³/mol. The highest BCUT2D eigenvalue weighted by Crippen LogP contribution is 2.50. The summed E-state index contributed by atoms with van der Waals surface area (Å²) in [5.41, 5.74) is 9.28. The Hall–Kier alpha value is -5.87. The number of ether oxygens (including phenoxy) is 1. The first-order chi connectivity index (χ1) is 22.5. The van der Waals surface area contributed by atoms with Gasteiger partial charge in [0, 0.05) is 33.2 Å². The summed E-state index contributed by atoms with van der Waals surface area (Å²) in [6.07, 6.45) is 0. The largest absolute Gasteiger partial charge is 0.457 e. The summed E-state index contributed by atoms with van der Waals surface area (Å²) in [5.74, 6) is 3.57. The zero-order valence-electron chi connectivity index (χ0n) is 25.7. The molecular formula is C42H31N3O. The first-order valence-corrected chi connectivity index (χ1v) is 15.5. The summed E-state index contributed by atoms with van der Waals surface area (Å²) < 4.78 is 6.44. The summed E-state index contributed by atoms with van der Waals surface area (Å²) in [7, 11) is 0. The van der Waals surface area contributed by atoms with Crippen LogP contribution < -0.4 is 4.74 Å². The number of fused-ring (bicyclic) bond motifs is 2. The van der Waals surface area contributed by atoms with E-state index in [1.54, 1.807) is 0 Å². The lowest BCUT2D eigenvalue weighted by atomic mass is 9.73. The third-order valence-electron chi connectivity index (χ3n) is 8.81. The van der Waals surface area contributed by atoms with Crippen LogP contribution in [0.15, 0.2) is 152 Å². The van der Waals surface area contributed by atoms with Crippen molar-refractivity contribution in [2.24, 2.45) is 0 Å². The van der Waals surface area contributed by atoms with Gasteiger partial charge in [-0.05, 0) is 34.4 Å². The lowest BCUT2D eigenvalue weighted by Crippen LogP contribution is -2.25. The maximum Gasteiger partial charge on any atom is 0.164 e. The van der Waals surface area contributed by atoms with Gasteiger partial charge in [-0.3, -0.25) is 0 Å². The number of nitrogens with zero attached hydrogens (tertiary/aromatic N) is 3. The molecule has 6 aromatic carbocycles. The van der Waals surface area contributed by atoms with Gasteiger partial charge in [0.25, 0.3) is 0 Å². The first-order valence-electron chi connectivity index (χ1n) is 15.5. The molecule has 1 aliphatic heterocycles. The van der Waals surface area contributed by atoms with Gasteiger partial charge in [-0.1, -0.05) is 153 Å². The lowest BCUT2D eigenvalue weighted by molar-refractivity contribution is 0.418. The van der Waals surface area contributed by atoms with E-state index in [9.17, 15) is 0 Å². The predicted octanol–water partition coefficient (Wildman–Crippen LogP) is 10.6. The molecular weight excluding hydrogens is 562 g/mol. The Balaban J connectivity index is 1.28. The molecule has 0 aliphatic carbocycles. The molecule has 0 amide bonds. The summed E-state index contributed by atoms with van der Waals surface area (Å²) >= 11 is 0. The Labute approximate surface area is 269 Å². The molecule has 0 bridgehead atoms. The molecule has 4 nitrogen and oxygen atoms in total. The molecule has 0 fully saturated rings. The van der Waals surface area contributed by atoms with Gasteiger partial charge in [-0.15, -0.1) is 0 Å². The minimum Gasteiger partial charge on any atom is -0.457 e. The molecule has 0 saturated carbocycles. The van der Waals surface area contributed by atoms with Crippen LogP contribution in [-0.2, 0) is 5.41 Å². The second-order valence-electron chi connectivity index (χ2n) is 12.1. The Morgan fingerprint density at radius 3 is 1.39 bits per heavy atom. The molecule has 46 heavy (non-hydrogen) atoms. The Morgan fingerprint density at radius 1 is 0.391 bits per heavy atom. The van der Waals surface area contributed by atoms with Crippen molar-refractivity contribution in [2.45, 2.75) is 19.3 Å². The smallest absolute Gasteiger partial charge is 0.164 e. The molecule has 1 aliphatic rings. The van der Waals surface area contributed by atoms with Gasteiger partial charge in [-0.2, -0.15) is 0 Å². The number of rotatable bonds is 5. The van der Waals surface area contributed by atoms with Crippen molar-refractivity contribution < 1.29 is 4.74 Å². The fraction of sp³-hybridized carbons (Fsp3) is 0.0714. The van der Waals surface area contributed by atoms with Crippen molar-refractivity contribution >= 4 is 0 Å². The van der Waals surface area contributed by atoms with E-state index >= 15 is 0 Å². The molecule has 8 rings (SSSR count). The van der Waals surface area contributed by atoms with Gasteiger partial charge in [0.05, 0.1) is 0 Å². The number of hydrogen-bond acceptors (Lipinski definition) is 4. The average Bonchev–Trinajstić information content (AvgIpc) is 3.12. The van der Waals surface area contributed by atoms with E-state index in [1.807, 2.05) is 36.4 Å². The topological polar surface area (TPSA) is 47.9 Å². The number of hydrogen-bond donors (Lipinski definition) is 0. The van der Waals surface area contributed by atoms with Crippen molar-refractivity contribution in [1.29, 1.82) is 0 Å². The fourth-order valence-electron chi connectivity index (χ4n) is 6.41. The van der Waals surface area contributed by atoms with Crippen molar-refractivity contribution in [2.75, 3.05) is 0 Å². The van der Waals surface area contributed by atoms with Crippen LogP contribution in [0, 0.1) is 0 Å². The molecule has 220 valence electrons. The Morgan fingerprint density at radius 2 is 0.826 bits per heavy atom. The van der Waals surface area contributed by atoms with Crippen LogP contribution in [0.4, 0.5) is 0 Å². The molecule has 7 aromatic rings. The van der Waals surface area contributed by atoms with Crippen molar-refractivity contribution in [3.8, 4) is 67.9 Å². The molecule has 2 heterocycles. The summed E-state index contributed by atoms with van der Waals surface area (Å²) in [6.45, 7) is 4.48. The van der Waals surface area contributed by atoms with Gasteiger partial charge in [-0.25, -0.2) is 15.0 Å². The monoisotopic (exact) mass is 593 g/mol. The number of aromatic nitrogens is 3. The molecule has 1 aromatic heterocycles. The first kappa shape index (κ1) is 27.7. The van der Waals surface area contributed by atoms with Crippen molar-refractivity contribution in [3.05, 3.63) is 163 Å². The van der Waals surface area contributed by atoms with Crippen LogP contribution >= 0.6 is 0 Å². The maximum absolute atomic E-state index is 6.44. The van der Waals surface area contributed by atoms with E-state index in [-0.39, 0.29) is 5.41 Å². The third kappa shape index (κ3) is 4.94. The second kappa shape index (κ2) is 11.2. The van der Waals surface area contributed by atoms with Crippen LogP contribution in [0.1, 0.15) is 25.0 Å².